The maximum absolute atomic E-state index is 11.9. The zero-order valence-corrected chi connectivity index (χ0v) is 12.9. The standard InChI is InChI=1S/C18H14OSe/c1-13(19)18-17(15-10-6-3-7-11-15)16(12-20-18)14-8-4-2-5-9-14/h2-12H,1H3. The summed E-state index contributed by atoms with van der Waals surface area (Å²) in [6.07, 6.45) is 0. The number of carbonyl (C=O) groups excluding carboxylic acids is 1. The molecule has 1 heterocycles. The Labute approximate surface area is 124 Å². The van der Waals surface area contributed by atoms with Crippen LogP contribution in [0.4, 0.5) is 0 Å². The second-order valence-corrected chi connectivity index (χ2v) is 6.49. The molecule has 98 valence electrons. The summed E-state index contributed by atoms with van der Waals surface area (Å²) >= 11 is 0.127. The van der Waals surface area contributed by atoms with Crippen LogP contribution in [0, 0.1) is 0 Å². The van der Waals surface area contributed by atoms with E-state index in [1.165, 1.54) is 11.1 Å². The molecule has 0 unspecified atom stereocenters. The van der Waals surface area contributed by atoms with E-state index in [2.05, 4.69) is 29.2 Å². The minimum atomic E-state index is 0.127. The van der Waals surface area contributed by atoms with Crippen LogP contribution in [-0.4, -0.2) is 20.3 Å². The van der Waals surface area contributed by atoms with Gasteiger partial charge in [0.05, 0.1) is 0 Å². The Morgan fingerprint density at radius 2 is 1.40 bits per heavy atom. The minimum absolute atomic E-state index is 0.127. The van der Waals surface area contributed by atoms with Gasteiger partial charge in [0.2, 0.25) is 0 Å². The van der Waals surface area contributed by atoms with Crippen LogP contribution in [0.25, 0.3) is 22.3 Å². The molecule has 0 aliphatic rings. The molecule has 0 aliphatic heterocycles. The van der Waals surface area contributed by atoms with Crippen LogP contribution >= 0.6 is 0 Å². The Hall–Kier alpha value is -1.89. The van der Waals surface area contributed by atoms with Gasteiger partial charge in [0.15, 0.2) is 0 Å². The van der Waals surface area contributed by atoms with Crippen LogP contribution in [0.1, 0.15) is 16.2 Å². The van der Waals surface area contributed by atoms with Crippen LogP contribution in [-0.2, 0) is 0 Å². The molecular formula is C18H14OSe. The first-order chi connectivity index (χ1) is 9.77. The summed E-state index contributed by atoms with van der Waals surface area (Å²) in [5, 5.41) is 0. The van der Waals surface area contributed by atoms with Crippen LogP contribution in [0.15, 0.2) is 65.6 Å². The Balaban J connectivity index is 2.25. The second-order valence-electron chi connectivity index (χ2n) is 4.64. The van der Waals surface area contributed by atoms with E-state index in [0.29, 0.717) is 0 Å². The predicted octanol–water partition coefficient (Wildman–Crippen LogP) is 4.28. The molecule has 0 radical (unpaired) electrons. The molecule has 1 aromatic heterocycles. The maximum atomic E-state index is 11.9. The molecule has 0 bridgehead atoms. The topological polar surface area (TPSA) is 17.1 Å². The molecular weight excluding hydrogens is 311 g/mol. The molecule has 3 aromatic rings. The van der Waals surface area contributed by atoms with E-state index in [1.807, 2.05) is 36.4 Å². The van der Waals surface area contributed by atoms with Crippen molar-refractivity contribution in [1.29, 1.82) is 0 Å². The summed E-state index contributed by atoms with van der Waals surface area (Å²) in [7, 11) is 0. The molecule has 0 N–H and O–H groups in total. The number of Topliss-reactive ketones (excluding diaryl/α,β-unsaturated/α-hetero) is 1. The van der Waals surface area contributed by atoms with Gasteiger partial charge in [-0.2, -0.15) is 0 Å². The fourth-order valence-corrected chi connectivity index (χ4v) is 4.44. The fraction of sp³-hybridized carbons (Fsp3) is 0.0556. The normalized spacial score (nSPS) is 10.4. The number of ketones is 1. The van der Waals surface area contributed by atoms with Crippen LogP contribution in [0.5, 0.6) is 0 Å². The number of rotatable bonds is 3. The molecule has 0 saturated carbocycles. The van der Waals surface area contributed by atoms with Crippen molar-refractivity contribution in [2.24, 2.45) is 0 Å². The molecule has 0 spiro atoms. The summed E-state index contributed by atoms with van der Waals surface area (Å²) in [6, 6.07) is 20.5. The van der Waals surface area contributed by atoms with Gasteiger partial charge < -0.3 is 0 Å². The number of hydrogen-bond acceptors (Lipinski definition) is 1. The summed E-state index contributed by atoms with van der Waals surface area (Å²) in [6.45, 7) is 1.67. The summed E-state index contributed by atoms with van der Waals surface area (Å²) in [4.78, 5) is 14.2. The van der Waals surface area contributed by atoms with Crippen LogP contribution in [0.3, 0.4) is 0 Å². The molecule has 0 fully saturated rings. The third kappa shape index (κ3) is 2.40. The van der Waals surface area contributed by atoms with Gasteiger partial charge in [0, 0.05) is 0 Å². The molecule has 3 rings (SSSR count). The van der Waals surface area contributed by atoms with Crippen molar-refractivity contribution in [3.8, 4) is 22.3 Å². The fourth-order valence-electron chi connectivity index (χ4n) is 2.34. The van der Waals surface area contributed by atoms with Crippen LogP contribution < -0.4 is 0 Å². The Bertz CT molecular complexity index is 727. The number of benzene rings is 2. The molecule has 0 aliphatic carbocycles. The van der Waals surface area contributed by atoms with Gasteiger partial charge in [0.1, 0.15) is 0 Å². The van der Waals surface area contributed by atoms with Gasteiger partial charge in [-0.15, -0.1) is 0 Å². The van der Waals surface area contributed by atoms with E-state index >= 15 is 0 Å². The van der Waals surface area contributed by atoms with Gasteiger partial charge in [-0.1, -0.05) is 0 Å². The second kappa shape index (κ2) is 5.62. The van der Waals surface area contributed by atoms with Crippen LogP contribution in [0.2, 0.25) is 0 Å². The van der Waals surface area contributed by atoms with Crippen molar-refractivity contribution in [1.82, 2.24) is 0 Å². The van der Waals surface area contributed by atoms with E-state index in [1.54, 1.807) is 6.92 Å². The van der Waals surface area contributed by atoms with Crippen molar-refractivity contribution in [3.63, 3.8) is 0 Å². The van der Waals surface area contributed by atoms with Crippen molar-refractivity contribution < 1.29 is 4.79 Å². The van der Waals surface area contributed by atoms with E-state index < -0.39 is 0 Å². The SMILES string of the molecule is CC(=O)c1[se]cc(-c2ccccc2)c1-c1ccccc1. The molecule has 20 heavy (non-hydrogen) atoms. The first kappa shape index (κ1) is 13.1. The number of carbonyl (C=O) groups is 1. The van der Waals surface area contributed by atoms with Gasteiger partial charge in [0.25, 0.3) is 0 Å². The summed E-state index contributed by atoms with van der Waals surface area (Å²) in [5.74, 6) is 0.186. The zero-order chi connectivity index (χ0) is 13.9. The Kier molecular flexibility index (Phi) is 3.68. The van der Waals surface area contributed by atoms with E-state index in [9.17, 15) is 4.79 Å². The molecule has 2 aromatic carbocycles. The molecule has 0 saturated heterocycles. The monoisotopic (exact) mass is 326 g/mol. The van der Waals surface area contributed by atoms with E-state index in [0.717, 1.165) is 15.6 Å². The predicted molar refractivity (Wildman–Crippen MR) is 84.3 cm³/mol. The van der Waals surface area contributed by atoms with Crippen molar-refractivity contribution >= 4 is 20.3 Å². The van der Waals surface area contributed by atoms with Gasteiger partial charge >= 0.3 is 124 Å². The van der Waals surface area contributed by atoms with Gasteiger partial charge in [-0.05, 0) is 0 Å². The van der Waals surface area contributed by atoms with E-state index in [4.69, 9.17) is 0 Å². The first-order valence-corrected chi connectivity index (χ1v) is 8.35. The van der Waals surface area contributed by atoms with Gasteiger partial charge in [-0.3, -0.25) is 0 Å². The van der Waals surface area contributed by atoms with E-state index in [-0.39, 0.29) is 20.3 Å². The van der Waals surface area contributed by atoms with Crippen molar-refractivity contribution in [3.05, 3.63) is 70.0 Å². The summed E-state index contributed by atoms with van der Waals surface area (Å²) in [5.41, 5.74) is 4.63. The van der Waals surface area contributed by atoms with Gasteiger partial charge in [-0.25, -0.2) is 0 Å². The average Bonchev–Trinajstić information content (AvgIpc) is 2.94. The quantitative estimate of drug-likeness (QED) is 0.519. The third-order valence-electron chi connectivity index (χ3n) is 3.26. The first-order valence-electron chi connectivity index (χ1n) is 6.50. The molecule has 0 amide bonds. The van der Waals surface area contributed by atoms with Crippen molar-refractivity contribution in [2.45, 2.75) is 6.92 Å². The Morgan fingerprint density at radius 1 is 0.850 bits per heavy atom. The summed E-state index contributed by atoms with van der Waals surface area (Å²) < 4.78 is 0.975. The Morgan fingerprint density at radius 3 is 1.95 bits per heavy atom. The molecule has 0 atom stereocenters. The number of hydrogen-bond donors (Lipinski definition) is 0. The molecule has 2 heteroatoms. The molecule has 1 nitrogen and oxygen atoms in total. The zero-order valence-electron chi connectivity index (χ0n) is 11.2. The third-order valence-corrected chi connectivity index (χ3v) is 5.53. The average molecular weight is 325 g/mol. The van der Waals surface area contributed by atoms with Crippen molar-refractivity contribution in [2.75, 3.05) is 0 Å².